The fraction of sp³-hybridized carbons (Fsp3) is 0.545. The van der Waals surface area contributed by atoms with E-state index in [1.807, 2.05) is 18.0 Å². The average molecular weight is 236 g/mol. The van der Waals surface area contributed by atoms with E-state index in [9.17, 15) is 4.79 Å². The first-order valence-corrected chi connectivity index (χ1v) is 5.66. The minimum atomic E-state index is -0.803. The standard InChI is InChI=1S/C11H16N4O2/c1-15(5-4-11(16)17)10-6-9(12-7-13-10)14-8-2-3-8/h6-8H,2-5H2,1H3,(H,16,17)(H,12,13,14). The van der Waals surface area contributed by atoms with Crippen molar-refractivity contribution in [1.82, 2.24) is 9.97 Å². The van der Waals surface area contributed by atoms with Crippen LogP contribution in [0.25, 0.3) is 0 Å². The largest absolute Gasteiger partial charge is 0.481 e. The van der Waals surface area contributed by atoms with E-state index in [0.717, 1.165) is 11.6 Å². The monoisotopic (exact) mass is 236 g/mol. The molecule has 2 rings (SSSR count). The second-order valence-electron chi connectivity index (χ2n) is 4.25. The van der Waals surface area contributed by atoms with Gasteiger partial charge in [0.25, 0.3) is 0 Å². The Morgan fingerprint density at radius 3 is 3.00 bits per heavy atom. The molecule has 0 aromatic carbocycles. The molecule has 0 unspecified atom stereocenters. The molecular formula is C11H16N4O2. The van der Waals surface area contributed by atoms with Crippen molar-refractivity contribution >= 4 is 17.6 Å². The summed E-state index contributed by atoms with van der Waals surface area (Å²) in [6.45, 7) is 0.440. The van der Waals surface area contributed by atoms with Gasteiger partial charge in [-0.2, -0.15) is 0 Å². The van der Waals surface area contributed by atoms with Gasteiger partial charge < -0.3 is 15.3 Å². The van der Waals surface area contributed by atoms with Crippen LogP contribution in [0.1, 0.15) is 19.3 Å². The predicted octanol–water partition coefficient (Wildman–Crippen LogP) is 0.962. The summed E-state index contributed by atoms with van der Waals surface area (Å²) in [5.41, 5.74) is 0. The lowest BCUT2D eigenvalue weighted by Crippen LogP contribution is -2.22. The Morgan fingerprint density at radius 1 is 1.59 bits per heavy atom. The molecule has 1 aromatic heterocycles. The minimum absolute atomic E-state index is 0.103. The zero-order valence-corrected chi connectivity index (χ0v) is 9.76. The molecule has 6 heteroatoms. The highest BCUT2D eigenvalue weighted by Crippen LogP contribution is 2.24. The smallest absolute Gasteiger partial charge is 0.305 e. The Balaban J connectivity index is 1.95. The first-order valence-electron chi connectivity index (χ1n) is 5.66. The molecule has 2 N–H and O–H groups in total. The van der Waals surface area contributed by atoms with Gasteiger partial charge in [0.15, 0.2) is 0 Å². The fourth-order valence-electron chi connectivity index (χ4n) is 1.45. The van der Waals surface area contributed by atoms with Crippen molar-refractivity contribution in [3.05, 3.63) is 12.4 Å². The van der Waals surface area contributed by atoms with E-state index in [1.54, 1.807) is 0 Å². The van der Waals surface area contributed by atoms with Gasteiger partial charge in [-0.05, 0) is 12.8 Å². The first-order chi connectivity index (χ1) is 8.15. The molecule has 1 aliphatic carbocycles. The Labute approximate surface area is 99.7 Å². The third-order valence-corrected chi connectivity index (χ3v) is 2.63. The van der Waals surface area contributed by atoms with Crippen molar-refractivity contribution in [2.75, 3.05) is 23.8 Å². The summed E-state index contributed by atoms with van der Waals surface area (Å²) in [5, 5.41) is 11.9. The van der Waals surface area contributed by atoms with Crippen molar-refractivity contribution in [2.45, 2.75) is 25.3 Å². The molecule has 0 atom stereocenters. The van der Waals surface area contributed by atoms with E-state index in [2.05, 4.69) is 15.3 Å². The summed E-state index contributed by atoms with van der Waals surface area (Å²) < 4.78 is 0. The van der Waals surface area contributed by atoms with E-state index < -0.39 is 5.97 Å². The molecule has 92 valence electrons. The summed E-state index contributed by atoms with van der Waals surface area (Å²) in [6, 6.07) is 2.39. The molecular weight excluding hydrogens is 220 g/mol. The molecule has 1 fully saturated rings. The molecule has 0 spiro atoms. The highest BCUT2D eigenvalue weighted by Gasteiger charge is 2.21. The molecule has 6 nitrogen and oxygen atoms in total. The summed E-state index contributed by atoms with van der Waals surface area (Å²) in [6.07, 6.45) is 3.98. The highest BCUT2D eigenvalue weighted by atomic mass is 16.4. The van der Waals surface area contributed by atoms with Crippen LogP contribution in [-0.4, -0.2) is 40.7 Å². The number of carboxylic acids is 1. The van der Waals surface area contributed by atoms with Gasteiger partial charge in [-0.1, -0.05) is 0 Å². The number of rotatable bonds is 6. The lowest BCUT2D eigenvalue weighted by Gasteiger charge is -2.17. The number of hydrogen-bond donors (Lipinski definition) is 2. The van der Waals surface area contributed by atoms with E-state index in [4.69, 9.17) is 5.11 Å². The molecule has 0 radical (unpaired) electrons. The van der Waals surface area contributed by atoms with Gasteiger partial charge in [-0.25, -0.2) is 9.97 Å². The Bertz CT molecular complexity index is 406. The Morgan fingerprint density at radius 2 is 2.35 bits per heavy atom. The summed E-state index contributed by atoms with van der Waals surface area (Å²) in [7, 11) is 1.83. The van der Waals surface area contributed by atoms with Crippen molar-refractivity contribution in [2.24, 2.45) is 0 Å². The Kier molecular flexibility index (Phi) is 3.41. The third-order valence-electron chi connectivity index (χ3n) is 2.63. The minimum Gasteiger partial charge on any atom is -0.481 e. The predicted molar refractivity (Wildman–Crippen MR) is 64.2 cm³/mol. The molecule has 0 saturated heterocycles. The van der Waals surface area contributed by atoms with Gasteiger partial charge in [0.05, 0.1) is 6.42 Å². The van der Waals surface area contributed by atoms with Crippen LogP contribution in [0.2, 0.25) is 0 Å². The topological polar surface area (TPSA) is 78.4 Å². The van der Waals surface area contributed by atoms with Crippen molar-refractivity contribution < 1.29 is 9.90 Å². The van der Waals surface area contributed by atoms with Crippen LogP contribution in [-0.2, 0) is 4.79 Å². The van der Waals surface area contributed by atoms with Gasteiger partial charge in [-0.15, -0.1) is 0 Å². The SMILES string of the molecule is CN(CCC(=O)O)c1cc(NC2CC2)ncn1. The third kappa shape index (κ3) is 3.58. The van der Waals surface area contributed by atoms with Gasteiger partial charge >= 0.3 is 5.97 Å². The fourth-order valence-corrected chi connectivity index (χ4v) is 1.45. The van der Waals surface area contributed by atoms with Crippen LogP contribution in [0.15, 0.2) is 12.4 Å². The van der Waals surface area contributed by atoms with Crippen molar-refractivity contribution in [3.63, 3.8) is 0 Å². The lowest BCUT2D eigenvalue weighted by molar-refractivity contribution is -0.136. The molecule has 1 aromatic rings. The molecule has 0 amide bonds. The second kappa shape index (κ2) is 4.99. The molecule has 17 heavy (non-hydrogen) atoms. The van der Waals surface area contributed by atoms with Gasteiger partial charge in [0, 0.05) is 25.7 Å². The van der Waals surface area contributed by atoms with E-state index >= 15 is 0 Å². The van der Waals surface area contributed by atoms with E-state index in [-0.39, 0.29) is 6.42 Å². The van der Waals surface area contributed by atoms with Crippen LogP contribution in [0.4, 0.5) is 11.6 Å². The van der Waals surface area contributed by atoms with Crippen LogP contribution in [0, 0.1) is 0 Å². The number of aromatic nitrogens is 2. The number of aliphatic carboxylic acids is 1. The summed E-state index contributed by atoms with van der Waals surface area (Å²) >= 11 is 0. The maximum absolute atomic E-state index is 10.5. The first kappa shape index (κ1) is 11.6. The number of nitrogens with one attached hydrogen (secondary N) is 1. The van der Waals surface area contributed by atoms with Crippen LogP contribution >= 0.6 is 0 Å². The average Bonchev–Trinajstić information content (AvgIpc) is 3.10. The zero-order valence-electron chi connectivity index (χ0n) is 9.76. The number of carbonyl (C=O) groups is 1. The summed E-state index contributed by atoms with van der Waals surface area (Å²) in [4.78, 5) is 20.6. The van der Waals surface area contributed by atoms with E-state index in [1.165, 1.54) is 19.2 Å². The van der Waals surface area contributed by atoms with Gasteiger partial charge in [-0.3, -0.25) is 4.79 Å². The van der Waals surface area contributed by atoms with Crippen LogP contribution < -0.4 is 10.2 Å². The maximum atomic E-state index is 10.5. The molecule has 0 aliphatic heterocycles. The molecule has 1 saturated carbocycles. The normalized spacial score (nSPS) is 14.4. The highest BCUT2D eigenvalue weighted by molar-refractivity contribution is 5.67. The lowest BCUT2D eigenvalue weighted by atomic mass is 10.4. The zero-order chi connectivity index (χ0) is 12.3. The van der Waals surface area contributed by atoms with Gasteiger partial charge in [0.1, 0.15) is 18.0 Å². The Hall–Kier alpha value is -1.85. The number of hydrogen-bond acceptors (Lipinski definition) is 5. The quantitative estimate of drug-likeness (QED) is 0.766. The van der Waals surface area contributed by atoms with Crippen molar-refractivity contribution in [3.8, 4) is 0 Å². The van der Waals surface area contributed by atoms with Crippen molar-refractivity contribution in [1.29, 1.82) is 0 Å². The molecule has 1 aliphatic rings. The van der Waals surface area contributed by atoms with Crippen LogP contribution in [0.3, 0.4) is 0 Å². The van der Waals surface area contributed by atoms with Crippen LogP contribution in [0.5, 0.6) is 0 Å². The van der Waals surface area contributed by atoms with Gasteiger partial charge in [0.2, 0.25) is 0 Å². The summed E-state index contributed by atoms with van der Waals surface area (Å²) in [5.74, 6) is 0.742. The number of nitrogens with zero attached hydrogens (tertiary/aromatic N) is 3. The number of anilines is 2. The van der Waals surface area contributed by atoms with E-state index in [0.29, 0.717) is 12.6 Å². The number of carboxylic acid groups (broad SMARTS) is 1. The molecule has 1 heterocycles. The molecule has 0 bridgehead atoms. The maximum Gasteiger partial charge on any atom is 0.305 e. The second-order valence-corrected chi connectivity index (χ2v) is 4.25.